The van der Waals surface area contributed by atoms with Crippen molar-refractivity contribution in [3.63, 3.8) is 0 Å². The normalized spacial score (nSPS) is 31.0. The summed E-state index contributed by atoms with van der Waals surface area (Å²) in [5, 5.41) is -0.642. The quantitative estimate of drug-likeness (QED) is 0.718. The van der Waals surface area contributed by atoms with Crippen LogP contribution in [0.25, 0.3) is 0 Å². The lowest BCUT2D eigenvalue weighted by molar-refractivity contribution is -0.899. The number of amidine groups is 1. The zero-order chi connectivity index (χ0) is 18.0. The zero-order valence-corrected chi connectivity index (χ0v) is 14.7. The molecule has 0 aliphatic carbocycles. The van der Waals surface area contributed by atoms with E-state index in [2.05, 4.69) is 11.6 Å². The minimum absolute atomic E-state index is 0.0119. The summed E-state index contributed by atoms with van der Waals surface area (Å²) in [5.41, 5.74) is -1.56. The molecule has 0 saturated carbocycles. The van der Waals surface area contributed by atoms with Gasteiger partial charge in [0.2, 0.25) is 5.84 Å². The lowest BCUT2D eigenvalue weighted by Gasteiger charge is -2.62. The van der Waals surface area contributed by atoms with Gasteiger partial charge in [-0.2, -0.15) is 18.2 Å². The smallest absolute Gasteiger partial charge is 0.239 e. The Kier molecular flexibility index (Phi) is 3.89. The third-order valence-electron chi connectivity index (χ3n) is 4.95. The Labute approximate surface area is 134 Å². The molecule has 2 aliphatic heterocycles. The van der Waals surface area contributed by atoms with Crippen molar-refractivity contribution >= 4 is 15.7 Å². The number of alkyl halides is 3. The highest BCUT2D eigenvalue weighted by molar-refractivity contribution is 7.91. The molecule has 1 saturated heterocycles. The molecular formula is C15H22F3N2O2S+. The van der Waals surface area contributed by atoms with Crippen LogP contribution in [0.3, 0.4) is 0 Å². The van der Waals surface area contributed by atoms with Crippen LogP contribution in [-0.4, -0.2) is 48.5 Å². The molecule has 2 rings (SSSR count). The van der Waals surface area contributed by atoms with Gasteiger partial charge in [-0.3, -0.25) is 0 Å². The van der Waals surface area contributed by atoms with Crippen LogP contribution in [0.5, 0.6) is 0 Å². The molecule has 1 fully saturated rings. The van der Waals surface area contributed by atoms with Crippen LogP contribution in [0.1, 0.15) is 27.7 Å². The van der Waals surface area contributed by atoms with Crippen LogP contribution in [-0.2, 0) is 9.84 Å². The highest BCUT2D eigenvalue weighted by atomic mass is 32.2. The number of nitrogens with zero attached hydrogens (tertiary/aromatic N) is 2. The molecule has 2 heterocycles. The molecule has 0 aromatic carbocycles. The molecule has 4 nitrogen and oxygen atoms in total. The monoisotopic (exact) mass is 351 g/mol. The summed E-state index contributed by atoms with van der Waals surface area (Å²) in [5.74, 6) is 0.0484. The number of sulfone groups is 1. The lowest BCUT2D eigenvalue weighted by atomic mass is 9.79. The molecule has 2 atom stereocenters. The molecule has 1 spiro atoms. The fourth-order valence-corrected chi connectivity index (χ4v) is 5.47. The average molecular weight is 351 g/mol. The van der Waals surface area contributed by atoms with Gasteiger partial charge in [-0.1, -0.05) is 13.8 Å². The summed E-state index contributed by atoms with van der Waals surface area (Å²) in [6.07, 6.45) is -2.46. The van der Waals surface area contributed by atoms with E-state index in [0.717, 1.165) is 12.3 Å². The number of allylic oxidation sites excluding steroid dienone is 2. The van der Waals surface area contributed by atoms with Gasteiger partial charge in [-0.25, -0.2) is 12.9 Å². The first-order chi connectivity index (χ1) is 10.2. The number of quaternary nitrogens is 1. The Hall–Kier alpha value is -1.15. The molecule has 8 heteroatoms. The average Bonchev–Trinajstić information content (AvgIpc) is 2.32. The molecule has 0 amide bonds. The SMILES string of the molecule is C=C1C=C(C(F)(F)F)N=C(C(C)C)[N+]12CC(S(C)(=O)=O)C2(C)C. The van der Waals surface area contributed by atoms with Crippen molar-refractivity contribution < 1.29 is 26.1 Å². The minimum atomic E-state index is -4.56. The van der Waals surface area contributed by atoms with E-state index >= 15 is 0 Å². The summed E-state index contributed by atoms with van der Waals surface area (Å²) in [4.78, 5) is 3.86. The molecule has 23 heavy (non-hydrogen) atoms. The first-order valence-electron chi connectivity index (χ1n) is 7.30. The Morgan fingerprint density at radius 1 is 1.39 bits per heavy atom. The maximum Gasteiger partial charge on any atom is 0.433 e. The molecule has 0 radical (unpaired) electrons. The van der Waals surface area contributed by atoms with Gasteiger partial charge in [0.15, 0.2) is 20.8 Å². The van der Waals surface area contributed by atoms with E-state index in [1.165, 1.54) is 0 Å². The molecule has 0 N–H and O–H groups in total. The molecule has 2 aliphatic rings. The highest BCUT2D eigenvalue weighted by Crippen LogP contribution is 2.51. The van der Waals surface area contributed by atoms with Gasteiger partial charge in [0, 0.05) is 18.2 Å². The second-order valence-corrected chi connectivity index (χ2v) is 9.34. The van der Waals surface area contributed by atoms with E-state index in [1.807, 2.05) is 0 Å². The Balaban J connectivity index is 2.60. The Morgan fingerprint density at radius 3 is 2.26 bits per heavy atom. The second kappa shape index (κ2) is 4.92. The van der Waals surface area contributed by atoms with Crippen molar-refractivity contribution in [3.05, 3.63) is 24.0 Å². The number of halogens is 3. The maximum atomic E-state index is 13.1. The molecule has 2 unspecified atom stereocenters. The molecular weight excluding hydrogens is 329 g/mol. The van der Waals surface area contributed by atoms with Gasteiger partial charge in [0.05, 0.1) is 0 Å². The van der Waals surface area contributed by atoms with E-state index in [1.54, 1.807) is 27.7 Å². The second-order valence-electron chi connectivity index (χ2n) is 7.11. The van der Waals surface area contributed by atoms with Crippen molar-refractivity contribution in [1.82, 2.24) is 0 Å². The largest absolute Gasteiger partial charge is 0.433 e. The number of rotatable bonds is 2. The van der Waals surface area contributed by atoms with Crippen LogP contribution in [0.4, 0.5) is 13.2 Å². The summed E-state index contributed by atoms with van der Waals surface area (Å²) in [6.45, 7) is 11.0. The first kappa shape index (κ1) is 18.2. The van der Waals surface area contributed by atoms with Gasteiger partial charge in [-0.05, 0) is 20.4 Å². The van der Waals surface area contributed by atoms with Crippen LogP contribution in [0.15, 0.2) is 29.0 Å². The van der Waals surface area contributed by atoms with Gasteiger partial charge in [0.25, 0.3) is 0 Å². The molecule has 0 aromatic heterocycles. The topological polar surface area (TPSA) is 46.5 Å². The van der Waals surface area contributed by atoms with Crippen molar-refractivity contribution in [1.29, 1.82) is 0 Å². The Bertz CT molecular complexity index is 717. The van der Waals surface area contributed by atoms with Crippen molar-refractivity contribution in [2.24, 2.45) is 10.9 Å². The molecule has 130 valence electrons. The molecule has 0 aromatic rings. The predicted molar refractivity (Wildman–Crippen MR) is 83.4 cm³/mol. The van der Waals surface area contributed by atoms with Crippen molar-refractivity contribution in [2.45, 2.75) is 44.7 Å². The maximum absolute atomic E-state index is 13.1. The third-order valence-corrected chi connectivity index (χ3v) is 6.71. The van der Waals surface area contributed by atoms with Crippen molar-refractivity contribution in [2.75, 3.05) is 12.8 Å². The fourth-order valence-electron chi connectivity index (χ4n) is 3.75. The van der Waals surface area contributed by atoms with Gasteiger partial charge in [0.1, 0.15) is 17.8 Å². The number of aliphatic imine (C=N–C) groups is 1. The standard InChI is InChI=1S/C15H22F3N2O2S/c1-9(2)13-19-11(15(16,17)18)7-10(3)20(13)8-12(14(20,4)5)23(6,21)22/h7,9,12H,3,8H2,1-2,4-6H3/q+1. The zero-order valence-electron chi connectivity index (χ0n) is 13.9. The summed E-state index contributed by atoms with van der Waals surface area (Å²) in [7, 11) is -3.32. The lowest BCUT2D eigenvalue weighted by Crippen LogP contribution is -2.83. The van der Waals surface area contributed by atoms with Crippen LogP contribution >= 0.6 is 0 Å². The first-order valence-corrected chi connectivity index (χ1v) is 9.25. The number of hydrogen-bond acceptors (Lipinski definition) is 3. The summed E-state index contributed by atoms with van der Waals surface area (Å²) >= 11 is 0. The van der Waals surface area contributed by atoms with E-state index in [4.69, 9.17) is 0 Å². The number of hydrogen-bond donors (Lipinski definition) is 0. The predicted octanol–water partition coefficient (Wildman–Crippen LogP) is 3.04. The van der Waals surface area contributed by atoms with Gasteiger partial charge >= 0.3 is 6.18 Å². The van der Waals surface area contributed by atoms with Crippen LogP contribution < -0.4 is 0 Å². The molecule has 0 bridgehead atoms. The highest BCUT2D eigenvalue weighted by Gasteiger charge is 2.70. The van der Waals surface area contributed by atoms with E-state index < -0.39 is 32.5 Å². The van der Waals surface area contributed by atoms with Gasteiger partial charge < -0.3 is 0 Å². The summed E-state index contributed by atoms with van der Waals surface area (Å²) in [6, 6.07) is 0. The summed E-state index contributed by atoms with van der Waals surface area (Å²) < 4.78 is 63.2. The van der Waals surface area contributed by atoms with Crippen molar-refractivity contribution in [3.8, 4) is 0 Å². The Morgan fingerprint density at radius 2 is 1.91 bits per heavy atom. The van der Waals surface area contributed by atoms with Gasteiger partial charge in [-0.15, -0.1) is 0 Å². The van der Waals surface area contributed by atoms with E-state index in [9.17, 15) is 21.6 Å². The van der Waals surface area contributed by atoms with Crippen LogP contribution in [0, 0.1) is 5.92 Å². The third kappa shape index (κ3) is 2.46. The van der Waals surface area contributed by atoms with E-state index in [0.29, 0.717) is 5.84 Å². The minimum Gasteiger partial charge on any atom is -0.239 e. The van der Waals surface area contributed by atoms with E-state index in [-0.39, 0.29) is 22.6 Å². The fraction of sp³-hybridized carbons (Fsp3) is 0.667. The van der Waals surface area contributed by atoms with Crippen LogP contribution in [0.2, 0.25) is 0 Å².